The van der Waals surface area contributed by atoms with Crippen LogP contribution in [-0.4, -0.2) is 59.5 Å². The summed E-state index contributed by atoms with van der Waals surface area (Å²) in [6.07, 6.45) is 9.14. The maximum absolute atomic E-state index is 13.2. The van der Waals surface area contributed by atoms with Crippen LogP contribution in [0.4, 0.5) is 0 Å². The minimum absolute atomic E-state index is 0.0129. The Morgan fingerprint density at radius 2 is 2.06 bits per heavy atom. The zero-order valence-corrected chi connectivity index (χ0v) is 21.8. The smallest absolute Gasteiger partial charge is 0.270 e. The molecule has 1 saturated carbocycles. The van der Waals surface area contributed by atoms with Crippen LogP contribution in [0.25, 0.3) is 0 Å². The van der Waals surface area contributed by atoms with Crippen molar-refractivity contribution in [3.05, 3.63) is 47.3 Å². The quantitative estimate of drug-likeness (QED) is 0.303. The van der Waals surface area contributed by atoms with E-state index in [0.29, 0.717) is 41.2 Å². The average Bonchev–Trinajstić information content (AvgIpc) is 3.45. The molecular weight excluding hydrogens is 484 g/mol. The van der Waals surface area contributed by atoms with Gasteiger partial charge >= 0.3 is 0 Å². The summed E-state index contributed by atoms with van der Waals surface area (Å²) in [6.45, 7) is 3.77. The number of nitrogens with zero attached hydrogens (tertiary/aromatic N) is 2. The highest BCUT2D eigenvalue weighted by atomic mass is 35.5. The van der Waals surface area contributed by atoms with E-state index in [1.54, 1.807) is 32.0 Å². The Morgan fingerprint density at radius 3 is 2.72 bits per heavy atom. The topological polar surface area (TPSA) is 126 Å². The predicted octanol–water partition coefficient (Wildman–Crippen LogP) is 3.16. The molecule has 1 unspecified atom stereocenters. The lowest BCUT2D eigenvalue weighted by atomic mass is 9.97. The van der Waals surface area contributed by atoms with E-state index < -0.39 is 17.6 Å². The third kappa shape index (κ3) is 7.73. The van der Waals surface area contributed by atoms with Crippen LogP contribution >= 0.6 is 11.6 Å². The van der Waals surface area contributed by atoms with E-state index in [-0.39, 0.29) is 18.3 Å². The Hall–Kier alpha value is -3.04. The number of hydrogen-bond acceptors (Lipinski definition) is 6. The van der Waals surface area contributed by atoms with Gasteiger partial charge in [-0.2, -0.15) is 4.99 Å². The number of amides is 2. The van der Waals surface area contributed by atoms with Gasteiger partial charge in [0.1, 0.15) is 34.2 Å². The van der Waals surface area contributed by atoms with Gasteiger partial charge in [-0.05, 0) is 44.4 Å². The molecule has 3 rings (SSSR count). The van der Waals surface area contributed by atoms with Crippen molar-refractivity contribution in [1.29, 1.82) is 0 Å². The molecule has 0 radical (unpaired) electrons. The molecule has 36 heavy (non-hydrogen) atoms. The van der Waals surface area contributed by atoms with E-state index in [2.05, 4.69) is 10.3 Å². The molecule has 0 spiro atoms. The number of carbonyl (C=O) groups excluding carboxylic acids is 2. The van der Waals surface area contributed by atoms with E-state index in [9.17, 15) is 14.7 Å². The van der Waals surface area contributed by atoms with E-state index in [4.69, 9.17) is 26.8 Å². The van der Waals surface area contributed by atoms with E-state index in [1.165, 1.54) is 30.4 Å². The number of methoxy groups -OCH3 is 1. The number of rotatable bonds is 11. The molecule has 1 aliphatic carbocycles. The number of amidine groups is 1. The predicted molar refractivity (Wildman–Crippen MR) is 139 cm³/mol. The summed E-state index contributed by atoms with van der Waals surface area (Å²) in [5.74, 6) is 0.753. The zero-order chi connectivity index (χ0) is 26.3. The average molecular weight is 519 g/mol. The van der Waals surface area contributed by atoms with Gasteiger partial charge in [0.15, 0.2) is 0 Å². The van der Waals surface area contributed by atoms with Gasteiger partial charge in [0.25, 0.3) is 11.8 Å². The molecule has 2 aliphatic rings. The van der Waals surface area contributed by atoms with Crippen LogP contribution in [0.2, 0.25) is 5.02 Å². The summed E-state index contributed by atoms with van der Waals surface area (Å²) in [4.78, 5) is 31.7. The van der Waals surface area contributed by atoms with Crippen molar-refractivity contribution in [1.82, 2.24) is 10.2 Å². The number of aliphatic hydroxyl groups is 1. The molecular formula is C26H35ClN4O5. The maximum atomic E-state index is 13.2. The van der Waals surface area contributed by atoms with Crippen molar-refractivity contribution < 1.29 is 24.2 Å². The van der Waals surface area contributed by atoms with Crippen molar-refractivity contribution in [2.24, 2.45) is 16.6 Å². The molecule has 4 N–H and O–H groups in total. The lowest BCUT2D eigenvalue weighted by Gasteiger charge is -2.27. The summed E-state index contributed by atoms with van der Waals surface area (Å²) >= 11 is 6.33. The third-order valence-corrected chi connectivity index (χ3v) is 6.49. The molecule has 1 aromatic carbocycles. The first-order valence-corrected chi connectivity index (χ1v) is 12.5. The Balaban J connectivity index is 1.72. The normalized spacial score (nSPS) is 18.0. The number of halogens is 1. The van der Waals surface area contributed by atoms with Crippen molar-refractivity contribution in [2.75, 3.05) is 20.2 Å². The number of nitrogens with one attached hydrogen (secondary N) is 1. The standard InChI is InChI=1S/C26H35ClN4O5/c1-26(2,34)16-29-12-11-22(28)30-25(33)19(13-17-7-4-5-8-17)31-15-18(14-23(31)32)36-21-10-6-9-20(35-3)24(21)27/h6,9-12,14,17,19,29,34H,4-5,7-8,13,15-16H2,1-3H3,(H2,28,30,33)/b12-11-. The SMILES string of the molecule is COc1cccc(OC2=CC(=O)N(C(CC3CCCC3)C(=O)N=C(N)/C=C\NCC(C)(C)O)C2)c1Cl. The Bertz CT molecular complexity index is 1040. The van der Waals surface area contributed by atoms with E-state index in [0.717, 1.165) is 25.7 Å². The first-order chi connectivity index (χ1) is 17.1. The number of ether oxygens (including phenoxy) is 2. The van der Waals surface area contributed by atoms with Gasteiger partial charge in [-0.25, -0.2) is 0 Å². The van der Waals surface area contributed by atoms with Gasteiger partial charge in [0.05, 0.1) is 19.3 Å². The highest BCUT2D eigenvalue weighted by molar-refractivity contribution is 6.33. The molecule has 10 heteroatoms. The molecule has 0 saturated heterocycles. The fourth-order valence-corrected chi connectivity index (χ4v) is 4.56. The second kappa shape index (κ2) is 12.3. The molecule has 1 heterocycles. The van der Waals surface area contributed by atoms with Crippen molar-refractivity contribution in [2.45, 2.75) is 57.6 Å². The van der Waals surface area contributed by atoms with Crippen LogP contribution < -0.4 is 20.5 Å². The fourth-order valence-electron chi connectivity index (χ4n) is 4.32. The summed E-state index contributed by atoms with van der Waals surface area (Å²) in [7, 11) is 1.51. The molecule has 1 aliphatic heterocycles. The van der Waals surface area contributed by atoms with Crippen molar-refractivity contribution in [3.63, 3.8) is 0 Å². The molecule has 1 atom stereocenters. The minimum Gasteiger partial charge on any atom is -0.495 e. The minimum atomic E-state index is -0.892. The first-order valence-electron chi connectivity index (χ1n) is 12.1. The highest BCUT2D eigenvalue weighted by Crippen LogP contribution is 2.36. The Morgan fingerprint density at radius 1 is 1.36 bits per heavy atom. The van der Waals surface area contributed by atoms with Gasteiger partial charge < -0.3 is 30.5 Å². The molecule has 1 aromatic rings. The van der Waals surface area contributed by atoms with Crippen LogP contribution in [0.1, 0.15) is 46.0 Å². The first kappa shape index (κ1) is 27.5. The Labute approximate surface area is 217 Å². The largest absolute Gasteiger partial charge is 0.495 e. The van der Waals surface area contributed by atoms with Crippen molar-refractivity contribution in [3.8, 4) is 11.5 Å². The number of aliphatic imine (C=N–C) groups is 1. The van der Waals surface area contributed by atoms with Crippen LogP contribution in [0.5, 0.6) is 11.5 Å². The molecule has 1 fully saturated rings. The lowest BCUT2D eigenvalue weighted by Crippen LogP contribution is -2.43. The van der Waals surface area contributed by atoms with E-state index in [1.807, 2.05) is 0 Å². The molecule has 0 aromatic heterocycles. The van der Waals surface area contributed by atoms with Gasteiger partial charge in [-0.3, -0.25) is 9.59 Å². The van der Waals surface area contributed by atoms with Crippen LogP contribution in [0, 0.1) is 5.92 Å². The molecule has 196 valence electrons. The van der Waals surface area contributed by atoms with Crippen LogP contribution in [-0.2, 0) is 9.59 Å². The fraction of sp³-hybridized carbons (Fsp3) is 0.500. The second-order valence-electron chi connectivity index (χ2n) is 9.75. The summed E-state index contributed by atoms with van der Waals surface area (Å²) in [5.41, 5.74) is 5.06. The molecule has 0 bridgehead atoms. The third-order valence-electron chi connectivity index (χ3n) is 6.12. The highest BCUT2D eigenvalue weighted by Gasteiger charge is 2.36. The van der Waals surface area contributed by atoms with Gasteiger partial charge in [0, 0.05) is 18.8 Å². The number of nitrogens with two attached hydrogens (primary N) is 1. The lowest BCUT2D eigenvalue weighted by molar-refractivity contribution is -0.134. The number of hydrogen-bond donors (Lipinski definition) is 3. The Kier molecular flexibility index (Phi) is 9.39. The van der Waals surface area contributed by atoms with E-state index >= 15 is 0 Å². The second-order valence-corrected chi connectivity index (χ2v) is 10.1. The van der Waals surface area contributed by atoms with Gasteiger partial charge in [0.2, 0.25) is 0 Å². The summed E-state index contributed by atoms with van der Waals surface area (Å²) in [5, 5.41) is 13.0. The molecule has 2 amide bonds. The van der Waals surface area contributed by atoms with Crippen LogP contribution in [0.15, 0.2) is 47.3 Å². The summed E-state index contributed by atoms with van der Waals surface area (Å²) in [6, 6.07) is 4.38. The number of benzene rings is 1. The number of carbonyl (C=O) groups is 2. The maximum Gasteiger partial charge on any atom is 0.270 e. The monoisotopic (exact) mass is 518 g/mol. The van der Waals surface area contributed by atoms with Crippen LogP contribution in [0.3, 0.4) is 0 Å². The van der Waals surface area contributed by atoms with Gasteiger partial charge in [-0.15, -0.1) is 0 Å². The molecule has 9 nitrogen and oxygen atoms in total. The zero-order valence-electron chi connectivity index (χ0n) is 21.0. The van der Waals surface area contributed by atoms with Gasteiger partial charge in [-0.1, -0.05) is 43.4 Å². The van der Waals surface area contributed by atoms with Crippen molar-refractivity contribution >= 4 is 29.3 Å². The summed E-state index contributed by atoms with van der Waals surface area (Å²) < 4.78 is 11.1.